The monoisotopic (exact) mass is 365 g/mol. The number of anilines is 1. The van der Waals surface area contributed by atoms with Gasteiger partial charge in [0, 0.05) is 37.9 Å². The molecule has 5 nitrogen and oxygen atoms in total. The van der Waals surface area contributed by atoms with E-state index < -0.39 is 0 Å². The average molecular weight is 366 g/mol. The topological polar surface area (TPSA) is 54.5 Å². The number of pyridine rings is 1. The minimum absolute atomic E-state index is 0.362. The summed E-state index contributed by atoms with van der Waals surface area (Å²) >= 11 is 6.34. The summed E-state index contributed by atoms with van der Waals surface area (Å²) in [4.78, 5) is 18.3. The van der Waals surface area contributed by atoms with Crippen LogP contribution in [0.2, 0.25) is 5.02 Å². The summed E-state index contributed by atoms with van der Waals surface area (Å²) in [6.45, 7) is 10.0. The Hall–Kier alpha value is -1.59. The summed E-state index contributed by atoms with van der Waals surface area (Å²) < 4.78 is 4.86. The van der Waals surface area contributed by atoms with Gasteiger partial charge in [0.05, 0.1) is 11.6 Å². The molecule has 1 saturated heterocycles. The van der Waals surface area contributed by atoms with Gasteiger partial charge in [-0.15, -0.1) is 0 Å². The summed E-state index contributed by atoms with van der Waals surface area (Å²) in [5.41, 5.74) is 0.773. The van der Waals surface area contributed by atoms with Crippen LogP contribution in [0, 0.1) is 5.92 Å². The maximum atomic E-state index is 11.3. The van der Waals surface area contributed by atoms with Gasteiger partial charge in [-0.25, -0.2) is 9.78 Å². The van der Waals surface area contributed by atoms with Gasteiger partial charge in [-0.1, -0.05) is 25.4 Å². The van der Waals surface area contributed by atoms with Crippen LogP contribution in [0.4, 0.5) is 5.82 Å². The summed E-state index contributed by atoms with van der Waals surface area (Å²) in [7, 11) is 0. The van der Waals surface area contributed by atoms with E-state index in [4.69, 9.17) is 16.3 Å². The minimum atomic E-state index is -0.367. The zero-order valence-corrected chi connectivity index (χ0v) is 16.1. The van der Waals surface area contributed by atoms with Crippen molar-refractivity contribution in [1.29, 1.82) is 0 Å². The molecule has 0 spiro atoms. The van der Waals surface area contributed by atoms with Crippen LogP contribution in [-0.4, -0.2) is 48.1 Å². The lowest BCUT2D eigenvalue weighted by Crippen LogP contribution is -2.40. The Bertz CT molecular complexity index is 596. The first-order valence-electron chi connectivity index (χ1n) is 8.97. The average Bonchev–Trinajstić information content (AvgIpc) is 2.57. The molecule has 1 fully saturated rings. The Kier molecular flexibility index (Phi) is 7.72. The first kappa shape index (κ1) is 19.7. The Balaban J connectivity index is 1.88. The fraction of sp³-hybridized carbons (Fsp3) is 0.579. The number of likely N-dealkylation sites (tertiary alicyclic amines) is 1. The van der Waals surface area contributed by atoms with Gasteiger partial charge in [0.25, 0.3) is 0 Å². The van der Waals surface area contributed by atoms with Crippen molar-refractivity contribution in [2.75, 3.05) is 31.6 Å². The molecule has 1 aliphatic rings. The highest BCUT2D eigenvalue weighted by Crippen LogP contribution is 2.24. The number of carbonyl (C=O) groups is 1. The summed E-state index contributed by atoms with van der Waals surface area (Å²) in [5, 5.41) is 4.02. The van der Waals surface area contributed by atoms with Crippen molar-refractivity contribution >= 4 is 29.5 Å². The molecule has 0 aliphatic carbocycles. The maximum Gasteiger partial charge on any atom is 0.330 e. The number of rotatable bonds is 7. The van der Waals surface area contributed by atoms with Crippen LogP contribution in [-0.2, 0) is 9.53 Å². The number of hydrogen-bond acceptors (Lipinski definition) is 5. The van der Waals surface area contributed by atoms with Crippen LogP contribution in [0.3, 0.4) is 0 Å². The van der Waals surface area contributed by atoms with Gasteiger partial charge in [-0.05, 0) is 43.4 Å². The van der Waals surface area contributed by atoms with Gasteiger partial charge >= 0.3 is 5.97 Å². The number of hydrogen-bond donors (Lipinski definition) is 1. The van der Waals surface area contributed by atoms with Crippen LogP contribution in [0.15, 0.2) is 18.3 Å². The lowest BCUT2D eigenvalue weighted by atomic mass is 10.0. The molecule has 138 valence electrons. The highest BCUT2D eigenvalue weighted by molar-refractivity contribution is 6.33. The van der Waals surface area contributed by atoms with Crippen molar-refractivity contribution in [1.82, 2.24) is 9.88 Å². The van der Waals surface area contributed by atoms with E-state index in [-0.39, 0.29) is 5.97 Å². The van der Waals surface area contributed by atoms with Gasteiger partial charge in [0.1, 0.15) is 5.82 Å². The number of piperidine rings is 1. The molecule has 25 heavy (non-hydrogen) atoms. The molecule has 2 heterocycles. The lowest BCUT2D eigenvalue weighted by molar-refractivity contribution is -0.137. The zero-order valence-electron chi connectivity index (χ0n) is 15.3. The fourth-order valence-electron chi connectivity index (χ4n) is 2.97. The number of ether oxygens (including phenoxy) is 1. The van der Waals surface area contributed by atoms with E-state index in [1.807, 2.05) is 0 Å². The molecule has 1 N–H and O–H groups in total. The van der Waals surface area contributed by atoms with Crippen LogP contribution in [0.1, 0.15) is 39.2 Å². The SMILES string of the molecule is CCOC(=O)/C=C/c1cnc(NC2CCN(CC(C)C)CC2)c(Cl)c1. The van der Waals surface area contributed by atoms with E-state index in [0.29, 0.717) is 29.4 Å². The highest BCUT2D eigenvalue weighted by atomic mass is 35.5. The third-order valence-electron chi connectivity index (χ3n) is 4.11. The van der Waals surface area contributed by atoms with E-state index >= 15 is 0 Å². The number of nitrogens with one attached hydrogen (secondary N) is 1. The number of aromatic nitrogens is 1. The van der Waals surface area contributed by atoms with Crippen molar-refractivity contribution < 1.29 is 9.53 Å². The maximum absolute atomic E-state index is 11.3. The second-order valence-electron chi connectivity index (χ2n) is 6.80. The molecule has 1 aromatic rings. The van der Waals surface area contributed by atoms with Crippen molar-refractivity contribution in [2.45, 2.75) is 39.7 Å². The predicted molar refractivity (Wildman–Crippen MR) is 103 cm³/mol. The zero-order chi connectivity index (χ0) is 18.2. The van der Waals surface area contributed by atoms with Crippen molar-refractivity contribution in [3.8, 4) is 0 Å². The normalized spacial score (nSPS) is 16.5. The Morgan fingerprint density at radius 2 is 2.20 bits per heavy atom. The summed E-state index contributed by atoms with van der Waals surface area (Å²) in [5.74, 6) is 1.04. The number of carbonyl (C=O) groups excluding carboxylic acids is 1. The van der Waals surface area contributed by atoms with Crippen molar-refractivity contribution in [2.24, 2.45) is 5.92 Å². The molecule has 1 aromatic heterocycles. The first-order chi connectivity index (χ1) is 12.0. The van der Waals surface area contributed by atoms with Gasteiger partial charge in [0.2, 0.25) is 0 Å². The highest BCUT2D eigenvalue weighted by Gasteiger charge is 2.20. The lowest BCUT2D eigenvalue weighted by Gasteiger charge is -2.33. The molecule has 2 rings (SSSR count). The van der Waals surface area contributed by atoms with E-state index in [1.54, 1.807) is 25.3 Å². The first-order valence-corrected chi connectivity index (χ1v) is 9.35. The molecule has 0 unspecified atom stereocenters. The quantitative estimate of drug-likeness (QED) is 0.587. The molecule has 0 radical (unpaired) electrons. The van der Waals surface area contributed by atoms with E-state index in [9.17, 15) is 4.79 Å². The molecular weight excluding hydrogens is 338 g/mol. The second-order valence-corrected chi connectivity index (χ2v) is 7.20. The van der Waals surface area contributed by atoms with Gasteiger partial charge in [-0.2, -0.15) is 0 Å². The minimum Gasteiger partial charge on any atom is -0.463 e. The van der Waals surface area contributed by atoms with Crippen LogP contribution in [0.5, 0.6) is 0 Å². The largest absolute Gasteiger partial charge is 0.463 e. The summed E-state index contributed by atoms with van der Waals surface area (Å²) in [6, 6.07) is 2.20. The van der Waals surface area contributed by atoms with Gasteiger partial charge in [-0.3, -0.25) is 0 Å². The van der Waals surface area contributed by atoms with Crippen LogP contribution >= 0.6 is 11.6 Å². The van der Waals surface area contributed by atoms with E-state index in [0.717, 1.165) is 38.0 Å². The smallest absolute Gasteiger partial charge is 0.330 e. The van der Waals surface area contributed by atoms with Crippen LogP contribution in [0.25, 0.3) is 6.08 Å². The van der Waals surface area contributed by atoms with E-state index in [2.05, 4.69) is 29.0 Å². The molecule has 6 heteroatoms. The third-order valence-corrected chi connectivity index (χ3v) is 4.40. The molecular formula is C19H28ClN3O2. The molecule has 0 saturated carbocycles. The van der Waals surface area contributed by atoms with Crippen molar-refractivity contribution in [3.63, 3.8) is 0 Å². The van der Waals surface area contributed by atoms with Gasteiger partial charge < -0.3 is 15.0 Å². The third kappa shape index (κ3) is 6.67. The Labute approximate surface area is 155 Å². The van der Waals surface area contributed by atoms with Gasteiger partial charge in [0.15, 0.2) is 0 Å². The Morgan fingerprint density at radius 3 is 2.80 bits per heavy atom. The standard InChI is InChI=1S/C19H28ClN3O2/c1-4-25-18(24)6-5-15-11-17(20)19(21-12-15)22-16-7-9-23(10-8-16)13-14(2)3/h5-6,11-12,14,16H,4,7-10,13H2,1-3H3,(H,21,22)/b6-5+. The second kappa shape index (κ2) is 9.78. The summed E-state index contributed by atoms with van der Waals surface area (Å²) in [6.07, 6.45) is 6.93. The Morgan fingerprint density at radius 1 is 1.48 bits per heavy atom. The predicted octanol–water partition coefficient (Wildman–Crippen LogP) is 3.84. The number of nitrogens with zero attached hydrogens (tertiary/aromatic N) is 2. The van der Waals surface area contributed by atoms with Crippen molar-refractivity contribution in [3.05, 3.63) is 28.9 Å². The molecule has 0 amide bonds. The molecule has 1 aliphatic heterocycles. The fourth-order valence-corrected chi connectivity index (χ4v) is 3.20. The molecule has 0 atom stereocenters. The van der Waals surface area contributed by atoms with Crippen LogP contribution < -0.4 is 5.32 Å². The molecule has 0 bridgehead atoms. The number of esters is 1. The molecule has 0 aromatic carbocycles. The number of halogens is 1. The van der Waals surface area contributed by atoms with E-state index in [1.165, 1.54) is 6.08 Å².